The molecule has 0 radical (unpaired) electrons. The zero-order valence-corrected chi connectivity index (χ0v) is 12.4. The number of benzene rings is 1. The molecule has 5 heteroatoms. The predicted octanol–water partition coefficient (Wildman–Crippen LogP) is 2.72. The third kappa shape index (κ3) is 4.38. The molecule has 1 unspecified atom stereocenters. The van der Waals surface area contributed by atoms with Crippen molar-refractivity contribution in [3.63, 3.8) is 0 Å². The highest BCUT2D eigenvalue weighted by Gasteiger charge is 2.25. The summed E-state index contributed by atoms with van der Waals surface area (Å²) >= 11 is 5.83. The van der Waals surface area contributed by atoms with Gasteiger partial charge in [0.05, 0.1) is 13.2 Å². The molecule has 1 aromatic rings. The van der Waals surface area contributed by atoms with Crippen LogP contribution in [0.5, 0.6) is 0 Å². The SMILES string of the molecule is C=C(C(=O)OCC)N(Cc1ccccc1)C(=O)C(C)Cl. The number of carbonyl (C=O) groups is 2. The second-order valence-electron chi connectivity index (χ2n) is 4.19. The molecule has 4 nitrogen and oxygen atoms in total. The fraction of sp³-hybridized carbons (Fsp3) is 0.333. The molecule has 0 spiro atoms. The Morgan fingerprint density at radius 2 is 1.95 bits per heavy atom. The summed E-state index contributed by atoms with van der Waals surface area (Å²) in [6.07, 6.45) is 0. The molecule has 0 fully saturated rings. The van der Waals surface area contributed by atoms with E-state index in [0.717, 1.165) is 5.56 Å². The summed E-state index contributed by atoms with van der Waals surface area (Å²) in [6, 6.07) is 9.31. The van der Waals surface area contributed by atoms with Crippen LogP contribution in [0.15, 0.2) is 42.6 Å². The first-order valence-electron chi connectivity index (χ1n) is 6.32. The average Bonchev–Trinajstić information content (AvgIpc) is 2.44. The molecule has 0 heterocycles. The van der Waals surface area contributed by atoms with Crippen molar-refractivity contribution in [1.82, 2.24) is 4.90 Å². The summed E-state index contributed by atoms with van der Waals surface area (Å²) in [6.45, 7) is 7.35. The van der Waals surface area contributed by atoms with E-state index in [1.54, 1.807) is 13.8 Å². The van der Waals surface area contributed by atoms with Gasteiger partial charge < -0.3 is 9.64 Å². The lowest BCUT2D eigenvalue weighted by atomic mass is 10.2. The number of rotatable bonds is 6. The van der Waals surface area contributed by atoms with Crippen LogP contribution in [-0.4, -0.2) is 28.8 Å². The lowest BCUT2D eigenvalue weighted by Crippen LogP contribution is -2.37. The predicted molar refractivity (Wildman–Crippen MR) is 78.1 cm³/mol. The number of esters is 1. The molecule has 20 heavy (non-hydrogen) atoms. The summed E-state index contributed by atoms with van der Waals surface area (Å²) < 4.78 is 4.88. The van der Waals surface area contributed by atoms with Gasteiger partial charge in [0.2, 0.25) is 5.91 Å². The fourth-order valence-corrected chi connectivity index (χ4v) is 1.73. The normalized spacial score (nSPS) is 11.6. The molecule has 1 rings (SSSR count). The van der Waals surface area contributed by atoms with Crippen molar-refractivity contribution in [2.75, 3.05) is 6.61 Å². The van der Waals surface area contributed by atoms with E-state index in [1.165, 1.54) is 4.90 Å². The first kappa shape index (κ1) is 16.2. The molecule has 0 N–H and O–H groups in total. The molecule has 1 amide bonds. The maximum absolute atomic E-state index is 12.1. The molecule has 0 saturated heterocycles. The van der Waals surface area contributed by atoms with Crippen LogP contribution in [0.3, 0.4) is 0 Å². The minimum absolute atomic E-state index is 0.00629. The van der Waals surface area contributed by atoms with Crippen molar-refractivity contribution in [2.24, 2.45) is 0 Å². The Bertz CT molecular complexity index is 485. The van der Waals surface area contributed by atoms with E-state index in [4.69, 9.17) is 16.3 Å². The van der Waals surface area contributed by atoms with E-state index in [-0.39, 0.29) is 24.8 Å². The lowest BCUT2D eigenvalue weighted by molar-refractivity contribution is -0.144. The molecule has 1 atom stereocenters. The van der Waals surface area contributed by atoms with Gasteiger partial charge in [0.15, 0.2) is 0 Å². The molecular formula is C15H18ClNO3. The molecule has 0 bridgehead atoms. The van der Waals surface area contributed by atoms with Gasteiger partial charge in [-0.15, -0.1) is 11.6 Å². The van der Waals surface area contributed by atoms with E-state index in [0.29, 0.717) is 0 Å². The van der Waals surface area contributed by atoms with Crippen LogP contribution < -0.4 is 0 Å². The third-order valence-electron chi connectivity index (χ3n) is 2.63. The zero-order chi connectivity index (χ0) is 15.1. The molecule has 1 aromatic carbocycles. The summed E-state index contributed by atoms with van der Waals surface area (Å²) in [5, 5.41) is -0.745. The average molecular weight is 296 g/mol. The van der Waals surface area contributed by atoms with Crippen LogP contribution in [0.4, 0.5) is 0 Å². The third-order valence-corrected chi connectivity index (χ3v) is 2.81. The van der Waals surface area contributed by atoms with Crippen LogP contribution in [0.25, 0.3) is 0 Å². The van der Waals surface area contributed by atoms with Gasteiger partial charge in [-0.05, 0) is 19.4 Å². The monoisotopic (exact) mass is 295 g/mol. The first-order valence-corrected chi connectivity index (χ1v) is 6.76. The van der Waals surface area contributed by atoms with Crippen LogP contribution in [0.2, 0.25) is 0 Å². The van der Waals surface area contributed by atoms with Crippen molar-refractivity contribution in [2.45, 2.75) is 25.8 Å². The highest BCUT2D eigenvalue weighted by molar-refractivity contribution is 6.30. The van der Waals surface area contributed by atoms with E-state index in [9.17, 15) is 9.59 Å². The van der Waals surface area contributed by atoms with E-state index in [2.05, 4.69) is 6.58 Å². The standard InChI is InChI=1S/C15H18ClNO3/c1-4-20-15(19)12(3)17(14(18)11(2)16)10-13-8-6-5-7-9-13/h5-9,11H,3-4,10H2,1-2H3. The smallest absolute Gasteiger partial charge is 0.354 e. The van der Waals surface area contributed by atoms with Crippen molar-refractivity contribution in [3.05, 3.63) is 48.2 Å². The molecule has 0 aliphatic carbocycles. The van der Waals surface area contributed by atoms with Crippen LogP contribution in [0, 0.1) is 0 Å². The number of ether oxygens (including phenoxy) is 1. The van der Waals surface area contributed by atoms with Crippen molar-refractivity contribution < 1.29 is 14.3 Å². The Labute approximate surface area is 124 Å². The minimum Gasteiger partial charge on any atom is -0.461 e. The quantitative estimate of drug-likeness (QED) is 0.460. The maximum atomic E-state index is 12.1. The second-order valence-corrected chi connectivity index (χ2v) is 4.85. The van der Waals surface area contributed by atoms with Crippen molar-refractivity contribution in [1.29, 1.82) is 0 Å². The molecule has 0 aliphatic heterocycles. The Morgan fingerprint density at radius 3 is 2.45 bits per heavy atom. The number of carbonyl (C=O) groups excluding carboxylic acids is 2. The lowest BCUT2D eigenvalue weighted by Gasteiger charge is -2.24. The molecule has 0 aliphatic rings. The van der Waals surface area contributed by atoms with Gasteiger partial charge in [0.25, 0.3) is 0 Å². The topological polar surface area (TPSA) is 46.6 Å². The maximum Gasteiger partial charge on any atom is 0.354 e. The highest BCUT2D eigenvalue weighted by Crippen LogP contribution is 2.15. The van der Waals surface area contributed by atoms with Gasteiger partial charge in [0.1, 0.15) is 11.1 Å². The van der Waals surface area contributed by atoms with Crippen LogP contribution in [0.1, 0.15) is 19.4 Å². The van der Waals surface area contributed by atoms with E-state index < -0.39 is 11.3 Å². The molecule has 0 saturated carbocycles. The van der Waals surface area contributed by atoms with Gasteiger partial charge in [-0.3, -0.25) is 4.79 Å². The number of amides is 1. The summed E-state index contributed by atoms with van der Waals surface area (Å²) in [7, 11) is 0. The van der Waals surface area contributed by atoms with Gasteiger partial charge in [-0.1, -0.05) is 36.9 Å². The minimum atomic E-state index is -0.745. The first-order chi connectivity index (χ1) is 9.47. The second kappa shape index (κ2) is 7.70. The van der Waals surface area contributed by atoms with Gasteiger partial charge >= 0.3 is 5.97 Å². The molecule has 108 valence electrons. The Morgan fingerprint density at radius 1 is 1.35 bits per heavy atom. The Kier molecular flexibility index (Phi) is 6.25. The van der Waals surface area contributed by atoms with E-state index >= 15 is 0 Å². The summed E-state index contributed by atoms with van der Waals surface area (Å²) in [4.78, 5) is 25.1. The van der Waals surface area contributed by atoms with Gasteiger partial charge in [-0.25, -0.2) is 4.79 Å². The number of alkyl halides is 1. The fourth-order valence-electron chi connectivity index (χ4n) is 1.61. The molecule has 0 aromatic heterocycles. The van der Waals surface area contributed by atoms with Crippen molar-refractivity contribution in [3.8, 4) is 0 Å². The number of hydrogen-bond acceptors (Lipinski definition) is 3. The van der Waals surface area contributed by atoms with Gasteiger partial charge in [0, 0.05) is 0 Å². The zero-order valence-electron chi connectivity index (χ0n) is 11.6. The van der Waals surface area contributed by atoms with Crippen LogP contribution >= 0.6 is 11.6 Å². The number of hydrogen-bond donors (Lipinski definition) is 0. The largest absolute Gasteiger partial charge is 0.461 e. The van der Waals surface area contributed by atoms with Crippen molar-refractivity contribution >= 4 is 23.5 Å². The summed E-state index contributed by atoms with van der Waals surface area (Å²) in [5.74, 6) is -0.998. The Balaban J connectivity index is 2.94. The summed E-state index contributed by atoms with van der Waals surface area (Å²) in [5.41, 5.74) is 0.872. The number of halogens is 1. The molecular weight excluding hydrogens is 278 g/mol. The highest BCUT2D eigenvalue weighted by atomic mass is 35.5. The van der Waals surface area contributed by atoms with Crippen LogP contribution in [-0.2, 0) is 20.9 Å². The van der Waals surface area contributed by atoms with E-state index in [1.807, 2.05) is 30.3 Å². The Hall–Kier alpha value is -1.81. The number of nitrogens with zero attached hydrogens (tertiary/aromatic N) is 1. The van der Waals surface area contributed by atoms with Gasteiger partial charge in [-0.2, -0.15) is 0 Å².